The Hall–Kier alpha value is -1.80. The molecule has 3 heterocycles. The molecule has 28 heavy (non-hydrogen) atoms. The number of benzene rings is 1. The maximum Gasteiger partial charge on any atom is 0.260 e. The highest BCUT2D eigenvalue weighted by molar-refractivity contribution is 7.91. The Balaban J connectivity index is 1.29. The molecule has 1 atom stereocenters. The number of hydrogen-bond donors (Lipinski definition) is 0. The Bertz CT molecular complexity index is 859. The van der Waals surface area contributed by atoms with Gasteiger partial charge < -0.3 is 14.4 Å². The highest BCUT2D eigenvalue weighted by Crippen LogP contribution is 2.41. The average Bonchev–Trinajstić information content (AvgIpc) is 3.17. The minimum Gasteiger partial charge on any atom is -0.483 e. The van der Waals surface area contributed by atoms with Gasteiger partial charge in [0.2, 0.25) is 0 Å². The van der Waals surface area contributed by atoms with Gasteiger partial charge in [-0.05, 0) is 26.3 Å². The zero-order valence-electron chi connectivity index (χ0n) is 16.5. The van der Waals surface area contributed by atoms with E-state index in [-0.39, 0.29) is 35.7 Å². The zero-order chi connectivity index (χ0) is 19.9. The van der Waals surface area contributed by atoms with Crippen molar-refractivity contribution < 1.29 is 22.7 Å². The van der Waals surface area contributed by atoms with E-state index in [1.807, 2.05) is 32.0 Å². The van der Waals surface area contributed by atoms with Crippen LogP contribution in [-0.4, -0.2) is 80.1 Å². The summed E-state index contributed by atoms with van der Waals surface area (Å²) in [6.07, 6.45) is 1.53. The van der Waals surface area contributed by atoms with E-state index in [0.717, 1.165) is 17.7 Å². The van der Waals surface area contributed by atoms with Crippen LogP contribution in [0.15, 0.2) is 18.2 Å². The van der Waals surface area contributed by atoms with Crippen molar-refractivity contribution in [2.24, 2.45) is 0 Å². The minimum absolute atomic E-state index is 0.0158. The highest BCUT2D eigenvalue weighted by atomic mass is 32.2. The summed E-state index contributed by atoms with van der Waals surface area (Å²) in [5.74, 6) is 1.84. The number of nitrogens with zero attached hydrogens (tertiary/aromatic N) is 2. The molecule has 1 unspecified atom stereocenters. The van der Waals surface area contributed by atoms with Crippen molar-refractivity contribution in [3.05, 3.63) is 23.8 Å². The first-order chi connectivity index (χ1) is 13.2. The number of amides is 1. The number of fused-ring (bicyclic) bond motifs is 1. The van der Waals surface area contributed by atoms with Crippen LogP contribution in [0, 0.1) is 0 Å². The SMILES string of the molecule is CC1(C)Cc2cccc(OCC(=O)N3CCN(C4CCS(=O)(=O)C4)CC3)c2O1. The van der Waals surface area contributed by atoms with Gasteiger partial charge in [0.1, 0.15) is 5.60 Å². The first-order valence-electron chi connectivity index (χ1n) is 9.88. The molecule has 0 aliphatic carbocycles. The normalized spacial score (nSPS) is 25.9. The molecule has 154 valence electrons. The van der Waals surface area contributed by atoms with Crippen molar-refractivity contribution in [2.45, 2.75) is 38.3 Å². The summed E-state index contributed by atoms with van der Waals surface area (Å²) in [5.41, 5.74) is 0.852. The van der Waals surface area contributed by atoms with Crippen LogP contribution in [0.4, 0.5) is 0 Å². The first-order valence-corrected chi connectivity index (χ1v) is 11.7. The molecule has 3 aliphatic heterocycles. The van der Waals surface area contributed by atoms with Crippen LogP contribution in [0.25, 0.3) is 0 Å². The smallest absolute Gasteiger partial charge is 0.260 e. The number of para-hydroxylation sites is 1. The predicted molar refractivity (Wildman–Crippen MR) is 106 cm³/mol. The van der Waals surface area contributed by atoms with Crippen LogP contribution < -0.4 is 9.47 Å². The molecule has 1 amide bonds. The fraction of sp³-hybridized carbons (Fsp3) is 0.650. The van der Waals surface area contributed by atoms with Crippen molar-refractivity contribution in [1.82, 2.24) is 9.80 Å². The maximum absolute atomic E-state index is 12.6. The average molecular weight is 409 g/mol. The summed E-state index contributed by atoms with van der Waals surface area (Å²) in [6.45, 7) is 6.70. The number of rotatable bonds is 4. The molecule has 1 aromatic rings. The molecule has 0 radical (unpaired) electrons. The van der Waals surface area contributed by atoms with Crippen LogP contribution >= 0.6 is 0 Å². The molecular weight excluding hydrogens is 380 g/mol. The molecule has 3 aliphatic rings. The lowest BCUT2D eigenvalue weighted by atomic mass is 10.0. The number of piperazine rings is 1. The third-order valence-electron chi connectivity index (χ3n) is 5.80. The monoisotopic (exact) mass is 408 g/mol. The van der Waals surface area contributed by atoms with Gasteiger partial charge in [-0.3, -0.25) is 9.69 Å². The number of hydrogen-bond acceptors (Lipinski definition) is 6. The standard InChI is InChI=1S/C20H28N2O5S/c1-20(2)12-15-4-3-5-17(19(15)27-20)26-13-18(23)22-9-7-21(8-10-22)16-6-11-28(24,25)14-16/h3-5,16H,6-14H2,1-2H3. The molecule has 1 aromatic carbocycles. The van der Waals surface area contributed by atoms with E-state index in [0.29, 0.717) is 38.3 Å². The molecule has 0 spiro atoms. The Morgan fingerprint density at radius 1 is 1.25 bits per heavy atom. The molecule has 4 rings (SSSR count). The van der Waals surface area contributed by atoms with Crippen molar-refractivity contribution >= 4 is 15.7 Å². The quantitative estimate of drug-likeness (QED) is 0.743. The fourth-order valence-corrected chi connectivity index (χ4v) is 6.09. The summed E-state index contributed by atoms with van der Waals surface area (Å²) in [6, 6.07) is 5.90. The third kappa shape index (κ3) is 4.12. The first kappa shape index (κ1) is 19.5. The lowest BCUT2D eigenvalue weighted by molar-refractivity contribution is -0.135. The highest BCUT2D eigenvalue weighted by Gasteiger charge is 2.35. The molecule has 8 heteroatoms. The molecule has 0 N–H and O–H groups in total. The Labute approximate surface area is 166 Å². The maximum atomic E-state index is 12.6. The number of sulfone groups is 1. The second kappa shape index (κ2) is 7.22. The van der Waals surface area contributed by atoms with Gasteiger partial charge in [0.15, 0.2) is 27.9 Å². The molecule has 0 saturated carbocycles. The van der Waals surface area contributed by atoms with Crippen molar-refractivity contribution in [3.63, 3.8) is 0 Å². The summed E-state index contributed by atoms with van der Waals surface area (Å²) < 4.78 is 35.1. The third-order valence-corrected chi connectivity index (χ3v) is 7.55. The van der Waals surface area contributed by atoms with Crippen LogP contribution in [0.5, 0.6) is 11.5 Å². The van der Waals surface area contributed by atoms with Crippen molar-refractivity contribution in [2.75, 3.05) is 44.3 Å². The Morgan fingerprint density at radius 2 is 2.00 bits per heavy atom. The second-order valence-electron chi connectivity index (χ2n) is 8.55. The van der Waals surface area contributed by atoms with Gasteiger partial charge in [0.05, 0.1) is 11.5 Å². The number of ether oxygens (including phenoxy) is 2. The van der Waals surface area contributed by atoms with Crippen LogP contribution in [0.1, 0.15) is 25.8 Å². The molecular formula is C20H28N2O5S. The van der Waals surface area contributed by atoms with Crippen LogP contribution in [0.3, 0.4) is 0 Å². The van der Waals surface area contributed by atoms with E-state index in [9.17, 15) is 13.2 Å². The van der Waals surface area contributed by atoms with Gasteiger partial charge in [0, 0.05) is 44.2 Å². The van der Waals surface area contributed by atoms with E-state index >= 15 is 0 Å². The lowest BCUT2D eigenvalue weighted by Crippen LogP contribution is -2.53. The second-order valence-corrected chi connectivity index (χ2v) is 10.8. The van der Waals surface area contributed by atoms with Gasteiger partial charge in [-0.1, -0.05) is 12.1 Å². The predicted octanol–water partition coefficient (Wildman–Crippen LogP) is 1.11. The van der Waals surface area contributed by atoms with E-state index in [2.05, 4.69) is 4.90 Å². The largest absolute Gasteiger partial charge is 0.483 e. The minimum atomic E-state index is -2.88. The van der Waals surface area contributed by atoms with Gasteiger partial charge >= 0.3 is 0 Å². The lowest BCUT2D eigenvalue weighted by Gasteiger charge is -2.37. The van der Waals surface area contributed by atoms with E-state index < -0.39 is 9.84 Å². The summed E-state index contributed by atoms with van der Waals surface area (Å²) >= 11 is 0. The van der Waals surface area contributed by atoms with Crippen molar-refractivity contribution in [1.29, 1.82) is 0 Å². The summed E-state index contributed by atoms with van der Waals surface area (Å²) in [5, 5.41) is 0. The summed E-state index contributed by atoms with van der Waals surface area (Å²) in [4.78, 5) is 16.6. The molecule has 0 aromatic heterocycles. The topological polar surface area (TPSA) is 76.2 Å². The van der Waals surface area contributed by atoms with Gasteiger partial charge in [0.25, 0.3) is 5.91 Å². The van der Waals surface area contributed by atoms with Crippen molar-refractivity contribution in [3.8, 4) is 11.5 Å². The van der Waals surface area contributed by atoms with Crippen LogP contribution in [-0.2, 0) is 21.1 Å². The summed E-state index contributed by atoms with van der Waals surface area (Å²) in [7, 11) is -2.88. The van der Waals surface area contributed by atoms with Gasteiger partial charge in [-0.25, -0.2) is 8.42 Å². The van der Waals surface area contributed by atoms with Gasteiger partial charge in [-0.15, -0.1) is 0 Å². The molecule has 0 bridgehead atoms. The molecule has 2 fully saturated rings. The number of carbonyl (C=O) groups excluding carboxylic acids is 1. The Kier molecular flexibility index (Phi) is 5.03. The van der Waals surface area contributed by atoms with E-state index in [1.54, 1.807) is 4.90 Å². The fourth-order valence-electron chi connectivity index (χ4n) is 4.33. The van der Waals surface area contributed by atoms with Gasteiger partial charge in [-0.2, -0.15) is 0 Å². The Morgan fingerprint density at radius 3 is 2.68 bits per heavy atom. The van der Waals surface area contributed by atoms with E-state index in [4.69, 9.17) is 9.47 Å². The van der Waals surface area contributed by atoms with E-state index in [1.165, 1.54) is 0 Å². The zero-order valence-corrected chi connectivity index (χ0v) is 17.3. The van der Waals surface area contributed by atoms with Crippen LogP contribution in [0.2, 0.25) is 0 Å². The molecule has 7 nitrogen and oxygen atoms in total. The number of carbonyl (C=O) groups is 1. The molecule has 2 saturated heterocycles.